The average molecular weight is 400 g/mol. The molecule has 0 radical (unpaired) electrons. The Kier molecular flexibility index (Phi) is 8.42. The van der Waals surface area contributed by atoms with Crippen LogP contribution in [0.2, 0.25) is 0 Å². The number of anilines is 1. The molecule has 2 heterocycles. The van der Waals surface area contributed by atoms with Crippen molar-refractivity contribution in [3.8, 4) is 0 Å². The first-order valence-corrected chi connectivity index (χ1v) is 10.0. The van der Waals surface area contributed by atoms with Crippen molar-refractivity contribution >= 4 is 16.7 Å². The van der Waals surface area contributed by atoms with Gasteiger partial charge in [0.25, 0.3) is 0 Å². The highest BCUT2D eigenvalue weighted by Crippen LogP contribution is 2.11. The summed E-state index contributed by atoms with van der Waals surface area (Å²) >= 11 is 0. The van der Waals surface area contributed by atoms with Crippen molar-refractivity contribution in [3.05, 3.63) is 55.1 Å². The molecule has 7 nitrogen and oxygen atoms in total. The molecule has 0 fully saturated rings. The number of para-hydroxylation sites is 2. The van der Waals surface area contributed by atoms with E-state index in [9.17, 15) is 0 Å². The number of rotatable bonds is 13. The lowest BCUT2D eigenvalue weighted by atomic mass is 10.3. The smallest absolute Gasteiger partial charge is 0.171 e. The van der Waals surface area contributed by atoms with Crippen LogP contribution in [0.3, 0.4) is 0 Å². The van der Waals surface area contributed by atoms with Crippen LogP contribution in [0.15, 0.2) is 55.1 Å². The Labute approximate surface area is 172 Å². The van der Waals surface area contributed by atoms with Gasteiger partial charge in [0, 0.05) is 38.5 Å². The number of pyridine rings is 1. The van der Waals surface area contributed by atoms with E-state index in [2.05, 4.69) is 49.6 Å². The predicted octanol–water partition coefficient (Wildman–Crippen LogP) is 2.14. The van der Waals surface area contributed by atoms with Crippen molar-refractivity contribution in [1.82, 2.24) is 9.55 Å². The van der Waals surface area contributed by atoms with Crippen LogP contribution in [-0.2, 0) is 27.3 Å². The summed E-state index contributed by atoms with van der Waals surface area (Å²) in [6, 6.07) is 12.3. The molecule has 0 bridgehead atoms. The molecule has 0 amide bonds. The van der Waals surface area contributed by atoms with E-state index < -0.39 is 0 Å². The van der Waals surface area contributed by atoms with Crippen molar-refractivity contribution in [1.29, 1.82) is 0 Å². The van der Waals surface area contributed by atoms with Crippen molar-refractivity contribution in [2.75, 3.05) is 58.6 Å². The first kappa shape index (κ1) is 21.2. The highest BCUT2D eigenvalue weighted by molar-refractivity contribution is 5.74. The van der Waals surface area contributed by atoms with Crippen molar-refractivity contribution in [2.45, 2.75) is 13.1 Å². The lowest BCUT2D eigenvalue weighted by Crippen LogP contribution is -2.35. The third-order valence-electron chi connectivity index (χ3n) is 4.63. The molecule has 0 spiro atoms. The fraction of sp³-hybridized carbons (Fsp3) is 0.455. The Bertz CT molecular complexity index is 849. The first-order chi connectivity index (χ1) is 14.2. The fourth-order valence-corrected chi connectivity index (χ4v) is 2.96. The monoisotopic (exact) mass is 399 g/mol. The molecule has 2 aromatic heterocycles. The molecule has 156 valence electrons. The second-order valence-electron chi connectivity index (χ2n) is 6.95. The largest absolute Gasteiger partial charge is 0.377 e. The summed E-state index contributed by atoms with van der Waals surface area (Å²) in [6.45, 7) is 5.28. The molecule has 29 heavy (non-hydrogen) atoms. The van der Waals surface area contributed by atoms with E-state index in [1.807, 2.05) is 38.6 Å². The zero-order valence-electron chi connectivity index (χ0n) is 17.4. The van der Waals surface area contributed by atoms with Crippen molar-refractivity contribution in [3.63, 3.8) is 0 Å². The minimum Gasteiger partial charge on any atom is -0.377 e. The van der Waals surface area contributed by atoms with Crippen LogP contribution in [0.4, 0.5) is 5.69 Å². The van der Waals surface area contributed by atoms with E-state index in [0.29, 0.717) is 39.6 Å². The standard InChI is InChI=1S/C22H31N4O3/c1-24(2)20-7-9-25(10-8-20)11-13-27-15-17-29-18-16-28-14-12-26-19-23-21-5-3-4-6-22(21)26/h3-10,19H,11-18H2,1-2H3/q+1. The molecule has 0 aliphatic rings. The minimum atomic E-state index is 0.578. The van der Waals surface area contributed by atoms with Crippen LogP contribution >= 0.6 is 0 Å². The Morgan fingerprint density at radius 2 is 1.52 bits per heavy atom. The van der Waals surface area contributed by atoms with E-state index in [-0.39, 0.29) is 0 Å². The van der Waals surface area contributed by atoms with Gasteiger partial charge < -0.3 is 23.7 Å². The van der Waals surface area contributed by atoms with Gasteiger partial charge in [-0.25, -0.2) is 9.55 Å². The maximum Gasteiger partial charge on any atom is 0.171 e. The maximum absolute atomic E-state index is 5.65. The highest BCUT2D eigenvalue weighted by Gasteiger charge is 2.03. The Morgan fingerprint density at radius 1 is 0.862 bits per heavy atom. The summed E-state index contributed by atoms with van der Waals surface area (Å²) < 4.78 is 21.0. The molecular weight excluding hydrogens is 368 g/mol. The quantitative estimate of drug-likeness (QED) is 0.326. The molecule has 0 aliphatic heterocycles. The number of aromatic nitrogens is 3. The number of fused-ring (bicyclic) bond motifs is 1. The van der Waals surface area contributed by atoms with E-state index in [1.54, 1.807) is 0 Å². The SMILES string of the molecule is CN(C)c1cc[n+](CCOCCOCCOCCn2cnc3ccccc32)cc1. The summed E-state index contributed by atoms with van der Waals surface area (Å²) in [4.78, 5) is 6.46. The average Bonchev–Trinajstić information content (AvgIpc) is 3.15. The second kappa shape index (κ2) is 11.5. The van der Waals surface area contributed by atoms with Gasteiger partial charge in [-0.2, -0.15) is 0 Å². The van der Waals surface area contributed by atoms with E-state index in [4.69, 9.17) is 14.2 Å². The normalized spacial score (nSPS) is 11.2. The molecule has 0 unspecified atom stereocenters. The number of ether oxygens (including phenoxy) is 3. The molecule has 3 aromatic rings. The summed E-state index contributed by atoms with van der Waals surface area (Å²) in [6.07, 6.45) is 6.00. The van der Waals surface area contributed by atoms with Gasteiger partial charge in [-0.05, 0) is 12.1 Å². The molecule has 0 saturated heterocycles. The topological polar surface area (TPSA) is 52.6 Å². The third kappa shape index (κ3) is 6.81. The van der Waals surface area contributed by atoms with Gasteiger partial charge in [-0.15, -0.1) is 0 Å². The number of hydrogen-bond donors (Lipinski definition) is 0. The van der Waals surface area contributed by atoms with E-state index >= 15 is 0 Å². The Morgan fingerprint density at radius 3 is 2.24 bits per heavy atom. The van der Waals surface area contributed by atoms with Crippen LogP contribution in [-0.4, -0.2) is 63.3 Å². The first-order valence-electron chi connectivity index (χ1n) is 10.0. The molecular formula is C22H31N4O3+. The summed E-state index contributed by atoms with van der Waals surface area (Å²) in [7, 11) is 4.07. The van der Waals surface area contributed by atoms with Crippen LogP contribution in [0, 0.1) is 0 Å². The van der Waals surface area contributed by atoms with Crippen LogP contribution in [0.1, 0.15) is 0 Å². The molecule has 0 N–H and O–H groups in total. The number of benzene rings is 1. The molecule has 0 atom stereocenters. The molecule has 1 aromatic carbocycles. The second-order valence-corrected chi connectivity index (χ2v) is 6.95. The zero-order chi connectivity index (χ0) is 20.3. The predicted molar refractivity (Wildman–Crippen MR) is 113 cm³/mol. The minimum absolute atomic E-state index is 0.578. The van der Waals surface area contributed by atoms with Gasteiger partial charge in [0.15, 0.2) is 18.9 Å². The number of hydrogen-bond acceptors (Lipinski definition) is 5. The Balaban J connectivity index is 1.16. The molecule has 0 saturated carbocycles. The third-order valence-corrected chi connectivity index (χ3v) is 4.63. The summed E-state index contributed by atoms with van der Waals surface area (Å²) in [5, 5.41) is 0. The fourth-order valence-electron chi connectivity index (χ4n) is 2.96. The van der Waals surface area contributed by atoms with Crippen molar-refractivity contribution < 1.29 is 18.8 Å². The summed E-state index contributed by atoms with van der Waals surface area (Å²) in [5.41, 5.74) is 3.34. The van der Waals surface area contributed by atoms with E-state index in [1.165, 1.54) is 5.69 Å². The van der Waals surface area contributed by atoms with Gasteiger partial charge in [-0.3, -0.25) is 0 Å². The van der Waals surface area contributed by atoms with Gasteiger partial charge in [0.1, 0.15) is 6.61 Å². The van der Waals surface area contributed by atoms with Crippen LogP contribution in [0.25, 0.3) is 11.0 Å². The summed E-state index contributed by atoms with van der Waals surface area (Å²) in [5.74, 6) is 0. The highest BCUT2D eigenvalue weighted by atomic mass is 16.5. The van der Waals surface area contributed by atoms with Gasteiger partial charge in [0.05, 0.1) is 50.4 Å². The van der Waals surface area contributed by atoms with Gasteiger partial charge in [0.2, 0.25) is 0 Å². The lowest BCUT2D eigenvalue weighted by molar-refractivity contribution is -0.698. The van der Waals surface area contributed by atoms with Gasteiger partial charge in [-0.1, -0.05) is 12.1 Å². The lowest BCUT2D eigenvalue weighted by Gasteiger charge is -2.10. The molecule has 7 heteroatoms. The van der Waals surface area contributed by atoms with Crippen LogP contribution in [0.5, 0.6) is 0 Å². The maximum atomic E-state index is 5.65. The van der Waals surface area contributed by atoms with Crippen LogP contribution < -0.4 is 9.47 Å². The number of imidazole rings is 1. The van der Waals surface area contributed by atoms with Crippen molar-refractivity contribution in [2.24, 2.45) is 0 Å². The molecule has 0 aliphatic carbocycles. The van der Waals surface area contributed by atoms with Gasteiger partial charge >= 0.3 is 0 Å². The number of nitrogens with zero attached hydrogens (tertiary/aromatic N) is 4. The zero-order valence-corrected chi connectivity index (χ0v) is 17.4. The Hall–Kier alpha value is -2.48. The molecule has 3 rings (SSSR count). The van der Waals surface area contributed by atoms with E-state index in [0.717, 1.165) is 24.1 Å².